The minimum absolute atomic E-state index is 0.0626. The van der Waals surface area contributed by atoms with Crippen LogP contribution in [-0.4, -0.2) is 42.4 Å². The summed E-state index contributed by atoms with van der Waals surface area (Å²) in [5, 5.41) is 3.38. The van der Waals surface area contributed by atoms with Crippen molar-refractivity contribution < 1.29 is 9.59 Å². The molecule has 1 aliphatic heterocycles. The summed E-state index contributed by atoms with van der Waals surface area (Å²) in [6.45, 7) is 6.03. The Morgan fingerprint density at radius 2 is 1.86 bits per heavy atom. The SMILES string of the molecule is CC(C)(C(=O)N(CC(N)=O)C1CCCC1)C1CCCNC1. The van der Waals surface area contributed by atoms with Crippen molar-refractivity contribution >= 4 is 11.8 Å². The molecule has 0 aromatic carbocycles. The molecule has 2 amide bonds. The second-order valence-corrected chi connectivity index (χ2v) is 7.10. The van der Waals surface area contributed by atoms with E-state index in [0.29, 0.717) is 5.92 Å². The van der Waals surface area contributed by atoms with Gasteiger partial charge < -0.3 is 16.0 Å². The molecule has 1 saturated carbocycles. The molecule has 1 unspecified atom stereocenters. The van der Waals surface area contributed by atoms with E-state index in [1.165, 1.54) is 0 Å². The minimum Gasteiger partial charge on any atom is -0.368 e. The van der Waals surface area contributed by atoms with Gasteiger partial charge in [0.05, 0.1) is 6.54 Å². The lowest BCUT2D eigenvalue weighted by molar-refractivity contribution is -0.148. The molecule has 0 spiro atoms. The Bertz CT molecular complexity index is 383. The number of primary amides is 1. The van der Waals surface area contributed by atoms with Crippen LogP contribution in [0.2, 0.25) is 0 Å². The Balaban J connectivity index is 2.12. The zero-order valence-corrected chi connectivity index (χ0v) is 13.4. The predicted molar refractivity (Wildman–Crippen MR) is 82.5 cm³/mol. The number of carbonyl (C=O) groups is 2. The fourth-order valence-electron chi connectivity index (χ4n) is 3.76. The highest BCUT2D eigenvalue weighted by Crippen LogP contribution is 2.36. The van der Waals surface area contributed by atoms with Crippen LogP contribution in [-0.2, 0) is 9.59 Å². The molecular formula is C16H29N3O2. The summed E-state index contributed by atoms with van der Waals surface area (Å²) in [6.07, 6.45) is 6.45. The lowest BCUT2D eigenvalue weighted by Gasteiger charge is -2.41. The van der Waals surface area contributed by atoms with Crippen molar-refractivity contribution in [1.82, 2.24) is 10.2 Å². The Kier molecular flexibility index (Phi) is 5.25. The van der Waals surface area contributed by atoms with Gasteiger partial charge in [0.15, 0.2) is 0 Å². The van der Waals surface area contributed by atoms with Crippen LogP contribution in [0, 0.1) is 11.3 Å². The van der Waals surface area contributed by atoms with E-state index in [4.69, 9.17) is 5.73 Å². The highest BCUT2D eigenvalue weighted by atomic mass is 16.2. The molecule has 1 heterocycles. The molecule has 1 atom stereocenters. The summed E-state index contributed by atoms with van der Waals surface area (Å²) < 4.78 is 0. The summed E-state index contributed by atoms with van der Waals surface area (Å²) in [5.74, 6) is 0.0187. The molecule has 0 radical (unpaired) electrons. The highest BCUT2D eigenvalue weighted by molar-refractivity contribution is 5.87. The molecule has 2 aliphatic rings. The topological polar surface area (TPSA) is 75.4 Å². The van der Waals surface area contributed by atoms with Crippen LogP contribution in [0.4, 0.5) is 0 Å². The van der Waals surface area contributed by atoms with E-state index in [9.17, 15) is 9.59 Å². The van der Waals surface area contributed by atoms with E-state index in [-0.39, 0.29) is 18.5 Å². The molecular weight excluding hydrogens is 266 g/mol. The van der Waals surface area contributed by atoms with Gasteiger partial charge in [0.2, 0.25) is 11.8 Å². The molecule has 5 nitrogen and oxygen atoms in total. The highest BCUT2D eigenvalue weighted by Gasteiger charge is 2.42. The largest absolute Gasteiger partial charge is 0.368 e. The Hall–Kier alpha value is -1.10. The van der Waals surface area contributed by atoms with E-state index in [0.717, 1.165) is 51.6 Å². The van der Waals surface area contributed by atoms with Crippen molar-refractivity contribution in [2.75, 3.05) is 19.6 Å². The summed E-state index contributed by atoms with van der Waals surface area (Å²) >= 11 is 0. The van der Waals surface area contributed by atoms with Crippen LogP contribution in [0.15, 0.2) is 0 Å². The van der Waals surface area contributed by atoms with Crippen LogP contribution < -0.4 is 11.1 Å². The molecule has 2 rings (SSSR count). The van der Waals surface area contributed by atoms with Crippen molar-refractivity contribution in [3.8, 4) is 0 Å². The first-order valence-corrected chi connectivity index (χ1v) is 8.23. The molecule has 2 fully saturated rings. The molecule has 1 aliphatic carbocycles. The van der Waals surface area contributed by atoms with Gasteiger partial charge in [0, 0.05) is 11.5 Å². The van der Waals surface area contributed by atoms with Crippen molar-refractivity contribution in [3.63, 3.8) is 0 Å². The van der Waals surface area contributed by atoms with E-state index in [2.05, 4.69) is 5.32 Å². The van der Waals surface area contributed by atoms with Crippen LogP contribution in [0.5, 0.6) is 0 Å². The number of amides is 2. The molecule has 120 valence electrons. The molecule has 3 N–H and O–H groups in total. The van der Waals surface area contributed by atoms with E-state index >= 15 is 0 Å². The van der Waals surface area contributed by atoms with Crippen molar-refractivity contribution in [2.45, 2.75) is 58.4 Å². The third-order valence-corrected chi connectivity index (χ3v) is 5.22. The molecule has 0 aromatic rings. The zero-order chi connectivity index (χ0) is 15.5. The molecule has 21 heavy (non-hydrogen) atoms. The fourth-order valence-corrected chi connectivity index (χ4v) is 3.76. The number of piperidine rings is 1. The standard InChI is InChI=1S/C16H29N3O2/c1-16(2,12-6-5-9-18-10-12)15(21)19(11-14(17)20)13-7-3-4-8-13/h12-13,18H,3-11H2,1-2H3,(H2,17,20). The van der Waals surface area contributed by atoms with Crippen molar-refractivity contribution in [2.24, 2.45) is 17.1 Å². The Morgan fingerprint density at radius 3 is 2.38 bits per heavy atom. The summed E-state index contributed by atoms with van der Waals surface area (Å²) in [4.78, 5) is 26.2. The van der Waals surface area contributed by atoms with Crippen LogP contribution in [0.1, 0.15) is 52.4 Å². The van der Waals surface area contributed by atoms with Gasteiger partial charge in [-0.3, -0.25) is 9.59 Å². The van der Waals surface area contributed by atoms with Gasteiger partial charge in [-0.25, -0.2) is 0 Å². The summed E-state index contributed by atoms with van der Waals surface area (Å²) in [7, 11) is 0. The zero-order valence-electron chi connectivity index (χ0n) is 13.4. The van der Waals surface area contributed by atoms with Crippen LogP contribution >= 0.6 is 0 Å². The smallest absolute Gasteiger partial charge is 0.237 e. The minimum atomic E-state index is -0.439. The van der Waals surface area contributed by atoms with Gasteiger partial charge in [-0.15, -0.1) is 0 Å². The Labute approximate surface area is 127 Å². The normalized spacial score (nSPS) is 24.0. The third-order valence-electron chi connectivity index (χ3n) is 5.22. The Morgan fingerprint density at radius 1 is 1.19 bits per heavy atom. The number of nitrogens with two attached hydrogens (primary N) is 1. The second kappa shape index (κ2) is 6.77. The average molecular weight is 295 g/mol. The molecule has 1 saturated heterocycles. The van der Waals surface area contributed by atoms with E-state index in [1.807, 2.05) is 13.8 Å². The lowest BCUT2D eigenvalue weighted by atomic mass is 9.73. The molecule has 0 bridgehead atoms. The van der Waals surface area contributed by atoms with Gasteiger partial charge in [-0.05, 0) is 44.7 Å². The summed E-state index contributed by atoms with van der Waals surface area (Å²) in [6, 6.07) is 0.195. The number of rotatable bonds is 5. The first-order chi connectivity index (χ1) is 9.93. The van der Waals surface area contributed by atoms with Crippen molar-refractivity contribution in [3.05, 3.63) is 0 Å². The first-order valence-electron chi connectivity index (χ1n) is 8.23. The fraction of sp³-hybridized carbons (Fsp3) is 0.875. The maximum atomic E-state index is 13.1. The third kappa shape index (κ3) is 3.76. The maximum Gasteiger partial charge on any atom is 0.237 e. The number of nitrogens with zero attached hydrogens (tertiary/aromatic N) is 1. The monoisotopic (exact) mass is 295 g/mol. The van der Waals surface area contributed by atoms with E-state index in [1.54, 1.807) is 4.90 Å². The second-order valence-electron chi connectivity index (χ2n) is 7.10. The van der Waals surface area contributed by atoms with E-state index < -0.39 is 11.3 Å². The summed E-state index contributed by atoms with van der Waals surface area (Å²) in [5.41, 5.74) is 4.94. The predicted octanol–water partition coefficient (Wildman–Crippen LogP) is 1.27. The quantitative estimate of drug-likeness (QED) is 0.802. The lowest BCUT2D eigenvalue weighted by Crippen LogP contribution is -2.53. The number of hydrogen-bond donors (Lipinski definition) is 2. The number of carbonyl (C=O) groups excluding carboxylic acids is 2. The maximum absolute atomic E-state index is 13.1. The van der Waals surface area contributed by atoms with Crippen LogP contribution in [0.25, 0.3) is 0 Å². The van der Waals surface area contributed by atoms with Crippen LogP contribution in [0.3, 0.4) is 0 Å². The van der Waals surface area contributed by atoms with Crippen molar-refractivity contribution in [1.29, 1.82) is 0 Å². The molecule has 5 heteroatoms. The van der Waals surface area contributed by atoms with Gasteiger partial charge in [0.1, 0.15) is 0 Å². The average Bonchev–Trinajstić information content (AvgIpc) is 2.98. The van der Waals surface area contributed by atoms with Gasteiger partial charge >= 0.3 is 0 Å². The van der Waals surface area contributed by atoms with Gasteiger partial charge in [0.25, 0.3) is 0 Å². The van der Waals surface area contributed by atoms with Gasteiger partial charge in [-0.1, -0.05) is 26.7 Å². The molecule has 0 aromatic heterocycles. The number of hydrogen-bond acceptors (Lipinski definition) is 3. The van der Waals surface area contributed by atoms with Gasteiger partial charge in [-0.2, -0.15) is 0 Å². The number of nitrogens with one attached hydrogen (secondary N) is 1. The first kappa shape index (κ1) is 16.3.